The Morgan fingerprint density at radius 3 is 2.79 bits per heavy atom. The topological polar surface area (TPSA) is 94.2 Å². The number of hydrogen-bond donors (Lipinski definition) is 1. The summed E-state index contributed by atoms with van der Waals surface area (Å²) in [5, 5.41) is 0.647. The second kappa shape index (κ2) is 5.89. The van der Waals surface area contributed by atoms with Gasteiger partial charge in [-0.2, -0.15) is 0 Å². The van der Waals surface area contributed by atoms with Crippen LogP contribution in [0.3, 0.4) is 0 Å². The maximum atomic E-state index is 12.6. The number of rotatable bonds is 4. The summed E-state index contributed by atoms with van der Waals surface area (Å²) in [7, 11) is 1.38. The van der Waals surface area contributed by atoms with Gasteiger partial charge in [-0.3, -0.25) is 4.79 Å². The number of aromatic amines is 1. The van der Waals surface area contributed by atoms with Crippen LogP contribution >= 0.6 is 0 Å². The summed E-state index contributed by atoms with van der Waals surface area (Å²) in [4.78, 5) is 35.5. The van der Waals surface area contributed by atoms with E-state index in [2.05, 4.69) is 15.0 Å². The van der Waals surface area contributed by atoms with Gasteiger partial charge in [0.15, 0.2) is 5.69 Å². The maximum absolute atomic E-state index is 12.6. The number of aryl methyl sites for hydroxylation is 1. The number of carbonyl (C=O) groups excluding carboxylic acids is 2. The molecule has 0 aliphatic heterocycles. The summed E-state index contributed by atoms with van der Waals surface area (Å²) in [5.41, 5.74) is 0.611. The highest BCUT2D eigenvalue weighted by molar-refractivity contribution is 6.00. The molecule has 1 aliphatic rings. The van der Waals surface area contributed by atoms with Crippen LogP contribution in [0.1, 0.15) is 43.0 Å². The molecule has 0 bridgehead atoms. The average Bonchev–Trinajstić information content (AvgIpc) is 3.00. The molecule has 1 fully saturated rings. The Kier molecular flexibility index (Phi) is 4.03. The third-order valence-electron chi connectivity index (χ3n) is 4.99. The SMILES string of the molecule is COC(=O)CC1CC(OC(=O)c2nc(C)nc3[nH]ccc23)C1(C)C. The molecule has 0 amide bonds. The molecule has 1 aliphatic carbocycles. The van der Waals surface area contributed by atoms with E-state index in [9.17, 15) is 9.59 Å². The zero-order valence-corrected chi connectivity index (χ0v) is 14.3. The van der Waals surface area contributed by atoms with Crippen molar-refractivity contribution in [2.75, 3.05) is 7.11 Å². The molecule has 2 atom stereocenters. The first-order valence-corrected chi connectivity index (χ1v) is 7.92. The van der Waals surface area contributed by atoms with Crippen molar-refractivity contribution in [3.05, 3.63) is 23.8 Å². The first-order chi connectivity index (χ1) is 11.3. The van der Waals surface area contributed by atoms with Gasteiger partial charge in [0.05, 0.1) is 12.5 Å². The standard InChI is InChI=1S/C17H21N3O4/c1-9-19-14(11-5-6-18-15(11)20-9)16(22)24-12-7-10(17(12,2)3)8-13(21)23-4/h5-6,10,12H,7-8H2,1-4H3,(H,18,19,20). The average molecular weight is 331 g/mol. The molecule has 0 aromatic carbocycles. The van der Waals surface area contributed by atoms with E-state index in [0.29, 0.717) is 29.7 Å². The minimum absolute atomic E-state index is 0.141. The number of H-pyrrole nitrogens is 1. The largest absolute Gasteiger partial charge is 0.469 e. The molecule has 2 aromatic rings. The van der Waals surface area contributed by atoms with Gasteiger partial charge in [0.25, 0.3) is 0 Å². The predicted octanol–water partition coefficient (Wildman–Crippen LogP) is 2.40. The third kappa shape index (κ3) is 2.74. The van der Waals surface area contributed by atoms with Crippen molar-refractivity contribution in [3.8, 4) is 0 Å². The van der Waals surface area contributed by atoms with Gasteiger partial charge >= 0.3 is 11.9 Å². The van der Waals surface area contributed by atoms with Gasteiger partial charge < -0.3 is 14.5 Å². The third-order valence-corrected chi connectivity index (χ3v) is 4.99. The normalized spacial score (nSPS) is 22.0. The van der Waals surface area contributed by atoms with E-state index in [1.807, 2.05) is 13.8 Å². The van der Waals surface area contributed by atoms with Crippen LogP contribution in [-0.4, -0.2) is 40.1 Å². The van der Waals surface area contributed by atoms with Crippen LogP contribution in [0.2, 0.25) is 0 Å². The molecule has 7 nitrogen and oxygen atoms in total. The maximum Gasteiger partial charge on any atom is 0.358 e. The first kappa shape index (κ1) is 16.4. The fourth-order valence-electron chi connectivity index (χ4n) is 3.19. The first-order valence-electron chi connectivity index (χ1n) is 7.92. The summed E-state index contributed by atoms with van der Waals surface area (Å²) in [6.07, 6.45) is 2.46. The van der Waals surface area contributed by atoms with E-state index < -0.39 is 5.97 Å². The molecular weight excluding hydrogens is 310 g/mol. The minimum atomic E-state index is -0.459. The van der Waals surface area contributed by atoms with E-state index in [1.54, 1.807) is 19.2 Å². The summed E-state index contributed by atoms with van der Waals surface area (Å²) in [6, 6.07) is 1.76. The van der Waals surface area contributed by atoms with E-state index in [4.69, 9.17) is 9.47 Å². The number of hydrogen-bond acceptors (Lipinski definition) is 6. The Morgan fingerprint density at radius 1 is 1.38 bits per heavy atom. The molecule has 3 rings (SSSR count). The smallest absolute Gasteiger partial charge is 0.358 e. The van der Waals surface area contributed by atoms with Gasteiger partial charge in [-0.1, -0.05) is 13.8 Å². The molecule has 2 unspecified atom stereocenters. The monoisotopic (exact) mass is 331 g/mol. The number of ether oxygens (including phenoxy) is 2. The molecule has 2 aromatic heterocycles. The highest BCUT2D eigenvalue weighted by Gasteiger charge is 2.51. The molecular formula is C17H21N3O4. The Morgan fingerprint density at radius 2 is 2.12 bits per heavy atom. The molecule has 128 valence electrons. The van der Waals surface area contributed by atoms with Crippen molar-refractivity contribution in [1.29, 1.82) is 0 Å². The number of aromatic nitrogens is 3. The van der Waals surface area contributed by atoms with Gasteiger partial charge in [-0.15, -0.1) is 0 Å². The fourth-order valence-corrected chi connectivity index (χ4v) is 3.19. The van der Waals surface area contributed by atoms with Crippen LogP contribution in [0, 0.1) is 18.3 Å². The van der Waals surface area contributed by atoms with Crippen LogP contribution in [-0.2, 0) is 14.3 Å². The molecule has 1 N–H and O–H groups in total. The summed E-state index contributed by atoms with van der Waals surface area (Å²) < 4.78 is 10.4. The van der Waals surface area contributed by atoms with E-state index >= 15 is 0 Å². The lowest BCUT2D eigenvalue weighted by Crippen LogP contribution is -2.52. The van der Waals surface area contributed by atoms with Gasteiger partial charge in [-0.05, 0) is 25.3 Å². The highest BCUT2D eigenvalue weighted by atomic mass is 16.5. The predicted molar refractivity (Wildman–Crippen MR) is 86.4 cm³/mol. The van der Waals surface area contributed by atoms with Crippen molar-refractivity contribution in [2.45, 2.75) is 39.7 Å². The number of esters is 2. The van der Waals surface area contributed by atoms with Gasteiger partial charge in [0, 0.05) is 18.0 Å². The van der Waals surface area contributed by atoms with Crippen LogP contribution in [0.15, 0.2) is 12.3 Å². The quantitative estimate of drug-likeness (QED) is 0.865. The number of fused-ring (bicyclic) bond motifs is 1. The zero-order chi connectivity index (χ0) is 17.5. The van der Waals surface area contributed by atoms with E-state index in [1.165, 1.54) is 7.11 Å². The highest BCUT2D eigenvalue weighted by Crippen LogP contribution is 2.50. The van der Waals surface area contributed by atoms with Crippen LogP contribution in [0.25, 0.3) is 11.0 Å². The molecule has 0 radical (unpaired) electrons. The fraction of sp³-hybridized carbons (Fsp3) is 0.529. The molecule has 0 saturated heterocycles. The number of nitrogens with one attached hydrogen (secondary N) is 1. The number of methoxy groups -OCH3 is 1. The Balaban J connectivity index is 1.74. The summed E-state index contributed by atoms with van der Waals surface area (Å²) in [5.74, 6) is -0.0477. The van der Waals surface area contributed by atoms with Crippen molar-refractivity contribution in [2.24, 2.45) is 11.3 Å². The second-order valence-electron chi connectivity index (χ2n) is 6.79. The van der Waals surface area contributed by atoms with Gasteiger partial charge in [0.2, 0.25) is 0 Å². The summed E-state index contributed by atoms with van der Waals surface area (Å²) in [6.45, 7) is 5.73. The molecule has 2 heterocycles. The molecule has 24 heavy (non-hydrogen) atoms. The minimum Gasteiger partial charge on any atom is -0.469 e. The second-order valence-corrected chi connectivity index (χ2v) is 6.79. The van der Waals surface area contributed by atoms with Crippen molar-refractivity contribution < 1.29 is 19.1 Å². The lowest BCUT2D eigenvalue weighted by Gasteiger charge is -2.50. The van der Waals surface area contributed by atoms with E-state index in [-0.39, 0.29) is 29.1 Å². The number of nitrogens with zero attached hydrogens (tertiary/aromatic N) is 2. The lowest BCUT2D eigenvalue weighted by molar-refractivity contribution is -0.152. The van der Waals surface area contributed by atoms with Crippen molar-refractivity contribution >= 4 is 23.0 Å². The van der Waals surface area contributed by atoms with Crippen molar-refractivity contribution in [1.82, 2.24) is 15.0 Å². The Labute approximate surface area is 139 Å². The van der Waals surface area contributed by atoms with Gasteiger partial charge in [-0.25, -0.2) is 14.8 Å². The molecule has 1 saturated carbocycles. The van der Waals surface area contributed by atoms with Crippen molar-refractivity contribution in [3.63, 3.8) is 0 Å². The van der Waals surface area contributed by atoms with Crippen LogP contribution in [0.5, 0.6) is 0 Å². The summed E-state index contributed by atoms with van der Waals surface area (Å²) >= 11 is 0. The molecule has 0 spiro atoms. The Hall–Kier alpha value is -2.44. The zero-order valence-electron chi connectivity index (χ0n) is 14.3. The Bertz CT molecular complexity index is 796. The van der Waals surface area contributed by atoms with E-state index in [0.717, 1.165) is 0 Å². The van der Waals surface area contributed by atoms with Gasteiger partial charge in [0.1, 0.15) is 17.6 Å². The van der Waals surface area contributed by atoms with Crippen LogP contribution < -0.4 is 0 Å². The lowest BCUT2D eigenvalue weighted by atomic mass is 9.59. The number of carbonyl (C=O) groups is 2. The molecule has 7 heteroatoms. The van der Waals surface area contributed by atoms with Crippen LogP contribution in [0.4, 0.5) is 0 Å².